The van der Waals surface area contributed by atoms with Crippen molar-refractivity contribution in [3.63, 3.8) is 0 Å². The van der Waals surface area contributed by atoms with E-state index < -0.39 is 0 Å². The van der Waals surface area contributed by atoms with Crippen molar-refractivity contribution < 1.29 is 4.74 Å². The Bertz CT molecular complexity index is 269. The van der Waals surface area contributed by atoms with Crippen LogP contribution in [0.4, 0.5) is 0 Å². The van der Waals surface area contributed by atoms with E-state index in [-0.39, 0.29) is 0 Å². The third-order valence-electron chi connectivity index (χ3n) is 2.00. The minimum Gasteiger partial charge on any atom is -0.377 e. The number of hydrogen-bond donors (Lipinski definition) is 0. The topological polar surface area (TPSA) is 9.23 Å². The van der Waals surface area contributed by atoms with E-state index in [1.165, 1.54) is 12.0 Å². The SMILES string of the molecule is BrCCCCOC/C=C/c1ccccc1. The molecule has 0 unspecified atom stereocenters. The lowest BCUT2D eigenvalue weighted by Crippen LogP contribution is -1.94. The second-order valence-electron chi connectivity index (χ2n) is 3.28. The van der Waals surface area contributed by atoms with Gasteiger partial charge in [-0.2, -0.15) is 0 Å². The lowest BCUT2D eigenvalue weighted by atomic mass is 10.2. The molecular weight excluding hydrogens is 252 g/mol. The zero-order chi connectivity index (χ0) is 10.8. The second-order valence-corrected chi connectivity index (χ2v) is 4.08. The Morgan fingerprint density at radius 3 is 2.67 bits per heavy atom. The van der Waals surface area contributed by atoms with Crippen LogP contribution in [0.1, 0.15) is 18.4 Å². The number of ether oxygens (including phenoxy) is 1. The zero-order valence-electron chi connectivity index (χ0n) is 8.86. The van der Waals surface area contributed by atoms with Crippen LogP contribution in [0, 0.1) is 0 Å². The molecular formula is C13H17BrO. The van der Waals surface area contributed by atoms with Crippen molar-refractivity contribution in [2.75, 3.05) is 18.5 Å². The quantitative estimate of drug-likeness (QED) is 0.539. The normalized spacial score (nSPS) is 11.0. The first-order valence-corrected chi connectivity index (χ1v) is 6.41. The first-order chi connectivity index (χ1) is 7.43. The van der Waals surface area contributed by atoms with Crippen LogP contribution < -0.4 is 0 Å². The molecule has 0 aliphatic heterocycles. The third-order valence-corrected chi connectivity index (χ3v) is 2.56. The molecule has 15 heavy (non-hydrogen) atoms. The molecule has 82 valence electrons. The van der Waals surface area contributed by atoms with Gasteiger partial charge < -0.3 is 4.74 Å². The minimum absolute atomic E-state index is 0.706. The molecule has 0 spiro atoms. The molecule has 0 atom stereocenters. The largest absolute Gasteiger partial charge is 0.377 e. The number of unbranched alkanes of at least 4 members (excludes halogenated alkanes) is 1. The van der Waals surface area contributed by atoms with E-state index in [1.807, 2.05) is 18.2 Å². The predicted molar refractivity (Wildman–Crippen MR) is 69.3 cm³/mol. The van der Waals surface area contributed by atoms with E-state index >= 15 is 0 Å². The zero-order valence-corrected chi connectivity index (χ0v) is 10.4. The fourth-order valence-corrected chi connectivity index (χ4v) is 1.59. The fourth-order valence-electron chi connectivity index (χ4n) is 1.20. The van der Waals surface area contributed by atoms with Crippen LogP contribution in [-0.2, 0) is 4.74 Å². The molecule has 0 aromatic heterocycles. The number of halogens is 1. The third kappa shape index (κ3) is 6.47. The van der Waals surface area contributed by atoms with Gasteiger partial charge in [0.2, 0.25) is 0 Å². The van der Waals surface area contributed by atoms with Crippen LogP contribution in [0.3, 0.4) is 0 Å². The molecule has 0 aliphatic rings. The summed E-state index contributed by atoms with van der Waals surface area (Å²) in [6, 6.07) is 10.3. The van der Waals surface area contributed by atoms with Crippen LogP contribution in [0.5, 0.6) is 0 Å². The van der Waals surface area contributed by atoms with Gasteiger partial charge in [0.1, 0.15) is 0 Å². The molecule has 1 rings (SSSR count). The number of benzene rings is 1. The molecule has 0 fully saturated rings. The van der Waals surface area contributed by atoms with Crippen molar-refractivity contribution in [3.05, 3.63) is 42.0 Å². The fraction of sp³-hybridized carbons (Fsp3) is 0.385. The smallest absolute Gasteiger partial charge is 0.0650 e. The highest BCUT2D eigenvalue weighted by atomic mass is 79.9. The summed E-state index contributed by atoms with van der Waals surface area (Å²) in [6.45, 7) is 1.56. The van der Waals surface area contributed by atoms with Gasteiger partial charge in [-0.15, -0.1) is 0 Å². The Morgan fingerprint density at radius 1 is 1.13 bits per heavy atom. The van der Waals surface area contributed by atoms with E-state index in [0.29, 0.717) is 6.61 Å². The second kappa shape index (κ2) is 8.69. The van der Waals surface area contributed by atoms with E-state index in [0.717, 1.165) is 18.4 Å². The molecule has 0 N–H and O–H groups in total. The lowest BCUT2D eigenvalue weighted by molar-refractivity contribution is 0.159. The maximum Gasteiger partial charge on any atom is 0.0650 e. The monoisotopic (exact) mass is 268 g/mol. The van der Waals surface area contributed by atoms with Crippen LogP contribution in [0.15, 0.2) is 36.4 Å². The Balaban J connectivity index is 2.07. The van der Waals surface area contributed by atoms with Crippen molar-refractivity contribution in [2.24, 2.45) is 0 Å². The molecule has 0 radical (unpaired) electrons. The van der Waals surface area contributed by atoms with E-state index in [9.17, 15) is 0 Å². The molecule has 0 heterocycles. The van der Waals surface area contributed by atoms with Crippen LogP contribution in [-0.4, -0.2) is 18.5 Å². The van der Waals surface area contributed by atoms with E-state index in [2.05, 4.69) is 40.2 Å². The van der Waals surface area contributed by atoms with Crippen LogP contribution in [0.2, 0.25) is 0 Å². The molecule has 0 amide bonds. The van der Waals surface area contributed by atoms with Crippen LogP contribution >= 0.6 is 15.9 Å². The van der Waals surface area contributed by atoms with Crippen LogP contribution in [0.25, 0.3) is 6.08 Å². The molecule has 0 saturated carbocycles. The van der Waals surface area contributed by atoms with Gasteiger partial charge in [-0.1, -0.05) is 58.4 Å². The summed E-state index contributed by atoms with van der Waals surface area (Å²) in [5.41, 5.74) is 1.22. The number of hydrogen-bond acceptors (Lipinski definition) is 1. The van der Waals surface area contributed by atoms with Crippen molar-refractivity contribution in [1.29, 1.82) is 0 Å². The highest BCUT2D eigenvalue weighted by Crippen LogP contribution is 2.00. The first-order valence-electron chi connectivity index (χ1n) is 5.29. The summed E-state index contributed by atoms with van der Waals surface area (Å²) in [5, 5.41) is 1.07. The predicted octanol–water partition coefficient (Wildman–Crippen LogP) is 3.89. The highest BCUT2D eigenvalue weighted by Gasteiger charge is 1.86. The Labute approximate surface area is 100 Å². The van der Waals surface area contributed by atoms with Gasteiger partial charge in [-0.3, -0.25) is 0 Å². The molecule has 1 nitrogen and oxygen atoms in total. The molecule has 0 bridgehead atoms. The summed E-state index contributed by atoms with van der Waals surface area (Å²) in [6.07, 6.45) is 6.46. The van der Waals surface area contributed by atoms with Gasteiger partial charge in [0.25, 0.3) is 0 Å². The van der Waals surface area contributed by atoms with Crippen molar-refractivity contribution in [3.8, 4) is 0 Å². The maximum atomic E-state index is 5.45. The standard InChI is InChI=1S/C13H17BrO/c14-10-4-5-11-15-12-6-9-13-7-2-1-3-8-13/h1-3,6-9H,4-5,10-12H2/b9-6+. The van der Waals surface area contributed by atoms with Crippen molar-refractivity contribution in [1.82, 2.24) is 0 Å². The average molecular weight is 269 g/mol. The van der Waals surface area contributed by atoms with Gasteiger partial charge >= 0.3 is 0 Å². The molecule has 0 saturated heterocycles. The summed E-state index contributed by atoms with van der Waals surface area (Å²) < 4.78 is 5.45. The van der Waals surface area contributed by atoms with Gasteiger partial charge in [-0.05, 0) is 18.4 Å². The Kier molecular flexibility index (Phi) is 7.22. The number of rotatable bonds is 7. The van der Waals surface area contributed by atoms with E-state index in [1.54, 1.807) is 0 Å². The number of alkyl halides is 1. The first kappa shape index (κ1) is 12.5. The minimum atomic E-state index is 0.706. The lowest BCUT2D eigenvalue weighted by Gasteiger charge is -1.98. The van der Waals surface area contributed by atoms with Gasteiger partial charge in [0, 0.05) is 11.9 Å². The summed E-state index contributed by atoms with van der Waals surface area (Å²) >= 11 is 3.39. The van der Waals surface area contributed by atoms with Gasteiger partial charge in [-0.25, -0.2) is 0 Å². The summed E-state index contributed by atoms with van der Waals surface area (Å²) in [4.78, 5) is 0. The van der Waals surface area contributed by atoms with Gasteiger partial charge in [0.15, 0.2) is 0 Å². The molecule has 1 aromatic carbocycles. The van der Waals surface area contributed by atoms with Crippen molar-refractivity contribution in [2.45, 2.75) is 12.8 Å². The average Bonchev–Trinajstić information content (AvgIpc) is 2.29. The Hall–Kier alpha value is -0.600. The maximum absolute atomic E-state index is 5.45. The molecule has 1 aromatic rings. The molecule has 2 heteroatoms. The Morgan fingerprint density at radius 2 is 1.93 bits per heavy atom. The highest BCUT2D eigenvalue weighted by molar-refractivity contribution is 9.09. The van der Waals surface area contributed by atoms with Gasteiger partial charge in [0.05, 0.1) is 6.61 Å². The van der Waals surface area contributed by atoms with E-state index in [4.69, 9.17) is 4.74 Å². The summed E-state index contributed by atoms with van der Waals surface area (Å²) in [7, 11) is 0. The molecule has 0 aliphatic carbocycles. The van der Waals surface area contributed by atoms with Crippen molar-refractivity contribution >= 4 is 22.0 Å². The summed E-state index contributed by atoms with van der Waals surface area (Å²) in [5.74, 6) is 0.